The van der Waals surface area contributed by atoms with Crippen molar-refractivity contribution in [2.45, 2.75) is 152 Å². The van der Waals surface area contributed by atoms with Crippen LogP contribution in [-0.4, -0.2) is 93.9 Å². The number of unbranched alkanes of at least 4 members (excludes halogenated alkanes) is 6. The summed E-state index contributed by atoms with van der Waals surface area (Å²) in [6, 6.07) is 0.405. The molecule has 0 spiro atoms. The van der Waals surface area contributed by atoms with E-state index >= 15 is 0 Å². The van der Waals surface area contributed by atoms with Crippen molar-refractivity contribution < 1.29 is 34.4 Å². The van der Waals surface area contributed by atoms with Crippen LogP contribution in [0, 0.1) is 5.92 Å². The second-order valence-electron chi connectivity index (χ2n) is 13.2. The number of aliphatic hydroxyl groups is 3. The SMILES string of the molecule is CCCCC[C@H](O)/C=C/[C@H]1O[C@@H](O)C[C@H](O)[C@@H]1C/C=C\CCCC(=O)NCCCCCNC(=O)CCCC[C@@H]1SC[C@@H]2NC(=O)N[C@@H]21. The van der Waals surface area contributed by atoms with E-state index in [1.165, 1.54) is 0 Å². The summed E-state index contributed by atoms with van der Waals surface area (Å²) in [4.78, 5) is 35.8. The standard InChI is InChI=1S/C35H60N4O7S/c1-2-3-7-14-25(40)19-20-29-26(28(41)23-33(44)46-29)15-8-4-5-9-17-31(42)36-21-12-6-13-22-37-32(43)18-11-10-16-30-34-27(24-47-30)38-35(45)39-34/h4,8,19-20,25-30,33-34,40-41,44H,2-3,5-7,9-18,21-24H2,1H3,(H,36,42)(H,37,43)(H2,38,39,45)/b8-4-,20-19+/t25-,26-,27-,28-,29+,30-,33+,34-/m0/s1. The largest absolute Gasteiger partial charge is 0.393 e. The number of rotatable bonds is 23. The number of hydrogen-bond donors (Lipinski definition) is 7. The number of ether oxygens (including phenoxy) is 1. The number of fused-ring (bicyclic) bond motifs is 1. The van der Waals surface area contributed by atoms with E-state index in [1.54, 1.807) is 12.2 Å². The smallest absolute Gasteiger partial charge is 0.315 e. The number of urea groups is 1. The van der Waals surface area contributed by atoms with E-state index in [1.807, 2.05) is 23.9 Å². The van der Waals surface area contributed by atoms with Gasteiger partial charge in [0.1, 0.15) is 0 Å². The lowest BCUT2D eigenvalue weighted by Crippen LogP contribution is -2.43. The molecule has 0 aromatic rings. The van der Waals surface area contributed by atoms with Crippen molar-refractivity contribution in [1.82, 2.24) is 21.3 Å². The van der Waals surface area contributed by atoms with Gasteiger partial charge in [-0.25, -0.2) is 4.79 Å². The first kappa shape index (κ1) is 39.3. The highest BCUT2D eigenvalue weighted by Gasteiger charge is 2.42. The lowest BCUT2D eigenvalue weighted by atomic mass is 9.87. The minimum Gasteiger partial charge on any atom is -0.393 e. The molecule has 3 aliphatic rings. The van der Waals surface area contributed by atoms with Crippen molar-refractivity contribution in [2.24, 2.45) is 5.92 Å². The minimum absolute atomic E-state index is 0.0394. The molecule has 3 aliphatic heterocycles. The maximum Gasteiger partial charge on any atom is 0.315 e. The van der Waals surface area contributed by atoms with Gasteiger partial charge in [0.15, 0.2) is 6.29 Å². The molecule has 47 heavy (non-hydrogen) atoms. The average molecular weight is 681 g/mol. The fraction of sp³-hybridized carbons (Fsp3) is 0.800. The van der Waals surface area contributed by atoms with E-state index in [-0.39, 0.29) is 42.3 Å². The minimum atomic E-state index is -1.02. The number of allylic oxidation sites excluding steroid dienone is 2. The summed E-state index contributed by atoms with van der Waals surface area (Å²) in [5.41, 5.74) is 0. The molecule has 0 aromatic heterocycles. The number of hydrogen-bond acceptors (Lipinski definition) is 8. The lowest BCUT2D eigenvalue weighted by molar-refractivity contribution is -0.199. The van der Waals surface area contributed by atoms with E-state index < -0.39 is 24.6 Å². The number of amides is 4. The van der Waals surface area contributed by atoms with Crippen LogP contribution in [0.3, 0.4) is 0 Å². The molecule has 0 unspecified atom stereocenters. The Labute approximate surface area is 285 Å². The van der Waals surface area contributed by atoms with Crippen LogP contribution in [0.5, 0.6) is 0 Å². The molecule has 8 atom stereocenters. The Morgan fingerprint density at radius 3 is 2.47 bits per heavy atom. The summed E-state index contributed by atoms with van der Waals surface area (Å²) in [5, 5.41) is 43.1. The highest BCUT2D eigenvalue weighted by Crippen LogP contribution is 2.33. The molecule has 3 heterocycles. The summed E-state index contributed by atoms with van der Waals surface area (Å²) < 4.78 is 5.66. The quantitative estimate of drug-likeness (QED) is 0.0486. The van der Waals surface area contributed by atoms with Crippen LogP contribution in [0.4, 0.5) is 4.79 Å². The van der Waals surface area contributed by atoms with E-state index in [9.17, 15) is 29.7 Å². The number of nitrogens with one attached hydrogen (secondary N) is 4. The predicted octanol–water partition coefficient (Wildman–Crippen LogP) is 3.81. The van der Waals surface area contributed by atoms with Crippen LogP contribution in [0.1, 0.15) is 110 Å². The Kier molecular flexibility index (Phi) is 18.8. The highest BCUT2D eigenvalue weighted by atomic mass is 32.2. The van der Waals surface area contributed by atoms with Crippen LogP contribution in [-0.2, 0) is 14.3 Å². The maximum atomic E-state index is 12.2. The van der Waals surface area contributed by atoms with Crippen molar-refractivity contribution >= 4 is 29.6 Å². The van der Waals surface area contributed by atoms with Gasteiger partial charge >= 0.3 is 6.03 Å². The van der Waals surface area contributed by atoms with Gasteiger partial charge in [0.25, 0.3) is 0 Å². The first-order valence-electron chi connectivity index (χ1n) is 18.0. The van der Waals surface area contributed by atoms with E-state index in [4.69, 9.17) is 4.74 Å². The molecule has 0 bridgehead atoms. The molecule has 0 aliphatic carbocycles. The molecule has 7 N–H and O–H groups in total. The molecule has 12 heteroatoms. The molecular weight excluding hydrogens is 620 g/mol. The van der Waals surface area contributed by atoms with E-state index in [2.05, 4.69) is 28.2 Å². The lowest BCUT2D eigenvalue weighted by Gasteiger charge is -2.36. The van der Waals surface area contributed by atoms with E-state index in [0.717, 1.165) is 76.4 Å². The third kappa shape index (κ3) is 15.3. The fourth-order valence-corrected chi connectivity index (χ4v) is 7.98. The number of carbonyl (C=O) groups excluding carboxylic acids is 3. The Hall–Kier alpha value is -2.12. The Balaban J connectivity index is 1.15. The van der Waals surface area contributed by atoms with Crippen molar-refractivity contribution in [3.05, 3.63) is 24.3 Å². The highest BCUT2D eigenvalue weighted by molar-refractivity contribution is 8.00. The molecule has 0 saturated carbocycles. The van der Waals surface area contributed by atoms with Gasteiger partial charge in [-0.3, -0.25) is 9.59 Å². The summed E-state index contributed by atoms with van der Waals surface area (Å²) in [5.74, 6) is 0.881. The Bertz CT molecular complexity index is 999. The normalized spacial score (nSPS) is 27.9. The summed E-state index contributed by atoms with van der Waals surface area (Å²) in [7, 11) is 0. The van der Waals surface area contributed by atoms with Crippen LogP contribution in [0.2, 0.25) is 0 Å². The molecular formula is C35H60N4O7S. The molecule has 3 rings (SSSR count). The molecule has 3 saturated heterocycles. The molecule has 3 fully saturated rings. The first-order valence-corrected chi connectivity index (χ1v) is 19.1. The van der Waals surface area contributed by atoms with Crippen molar-refractivity contribution in [2.75, 3.05) is 18.8 Å². The molecule has 268 valence electrons. The van der Waals surface area contributed by atoms with Gasteiger partial charge < -0.3 is 41.3 Å². The van der Waals surface area contributed by atoms with Crippen molar-refractivity contribution in [3.63, 3.8) is 0 Å². The first-order chi connectivity index (χ1) is 22.8. The molecule has 11 nitrogen and oxygen atoms in total. The van der Waals surface area contributed by atoms with Gasteiger partial charge in [0, 0.05) is 49.3 Å². The Morgan fingerprint density at radius 2 is 1.72 bits per heavy atom. The third-order valence-electron chi connectivity index (χ3n) is 9.23. The molecule has 0 aromatic carbocycles. The summed E-state index contributed by atoms with van der Waals surface area (Å²) in [6.45, 7) is 3.41. The zero-order valence-corrected chi connectivity index (χ0v) is 29.1. The zero-order valence-electron chi connectivity index (χ0n) is 28.2. The predicted molar refractivity (Wildman–Crippen MR) is 186 cm³/mol. The summed E-state index contributed by atoms with van der Waals surface area (Å²) in [6.07, 6.45) is 17.4. The van der Waals surface area contributed by atoms with Gasteiger partial charge in [0.2, 0.25) is 11.8 Å². The number of carbonyl (C=O) groups is 3. The zero-order chi connectivity index (χ0) is 33.9. The van der Waals surface area contributed by atoms with Crippen LogP contribution in [0.25, 0.3) is 0 Å². The van der Waals surface area contributed by atoms with Crippen LogP contribution < -0.4 is 21.3 Å². The third-order valence-corrected chi connectivity index (χ3v) is 10.7. The Morgan fingerprint density at radius 1 is 0.979 bits per heavy atom. The number of aliphatic hydroxyl groups excluding tert-OH is 3. The molecule has 0 radical (unpaired) electrons. The van der Waals surface area contributed by atoms with Gasteiger partial charge in [-0.15, -0.1) is 0 Å². The van der Waals surface area contributed by atoms with Gasteiger partial charge in [-0.1, -0.05) is 56.9 Å². The van der Waals surface area contributed by atoms with Gasteiger partial charge in [-0.05, 0) is 57.8 Å². The summed E-state index contributed by atoms with van der Waals surface area (Å²) >= 11 is 1.90. The van der Waals surface area contributed by atoms with Gasteiger partial charge in [-0.2, -0.15) is 11.8 Å². The second-order valence-corrected chi connectivity index (χ2v) is 14.5. The fourth-order valence-electron chi connectivity index (χ4n) is 6.44. The van der Waals surface area contributed by atoms with Crippen molar-refractivity contribution in [1.29, 1.82) is 0 Å². The maximum absolute atomic E-state index is 12.2. The monoisotopic (exact) mass is 680 g/mol. The second kappa shape index (κ2) is 22.5. The topological polar surface area (TPSA) is 169 Å². The van der Waals surface area contributed by atoms with Crippen LogP contribution in [0.15, 0.2) is 24.3 Å². The molecule has 4 amide bonds. The van der Waals surface area contributed by atoms with E-state index in [0.29, 0.717) is 44.0 Å². The number of thioether (sulfide) groups is 1. The van der Waals surface area contributed by atoms with Gasteiger partial charge in [0.05, 0.1) is 30.4 Å². The average Bonchev–Trinajstić information content (AvgIpc) is 3.59. The van der Waals surface area contributed by atoms with Crippen LogP contribution >= 0.6 is 11.8 Å². The van der Waals surface area contributed by atoms with Crippen molar-refractivity contribution in [3.8, 4) is 0 Å².